The predicted molar refractivity (Wildman–Crippen MR) is 75.9 cm³/mol. The Kier molecular flexibility index (Phi) is 3.78. The number of rotatable bonds is 0. The second kappa shape index (κ2) is 5.61. The van der Waals surface area contributed by atoms with Crippen LogP contribution < -0.4 is 0 Å². The summed E-state index contributed by atoms with van der Waals surface area (Å²) >= 11 is 0. The molecule has 0 aromatic heterocycles. The summed E-state index contributed by atoms with van der Waals surface area (Å²) in [4.78, 5) is 24.4. The van der Waals surface area contributed by atoms with E-state index in [1.54, 1.807) is 0 Å². The van der Waals surface area contributed by atoms with Gasteiger partial charge in [-0.1, -0.05) is 0 Å². The second-order valence-corrected chi connectivity index (χ2v) is 5.87. The highest BCUT2D eigenvalue weighted by Gasteiger charge is 2.46. The van der Waals surface area contributed by atoms with Crippen molar-refractivity contribution in [3.05, 3.63) is 23.3 Å². The van der Waals surface area contributed by atoms with Gasteiger partial charge < -0.3 is 19.7 Å². The van der Waals surface area contributed by atoms with Crippen molar-refractivity contribution >= 4 is 11.8 Å². The molecular weight excluding hydrogens is 288 g/mol. The molecule has 3 atom stereocenters. The quantitative estimate of drug-likeness (QED) is 0.559. The number of carbonyl (C=O) groups excluding carboxylic acids is 2. The molecule has 1 fully saturated rings. The number of hydrogen-bond donors (Lipinski definition) is 2. The van der Waals surface area contributed by atoms with E-state index in [0.29, 0.717) is 12.8 Å². The Balaban J connectivity index is 1.98. The van der Waals surface area contributed by atoms with Crippen LogP contribution in [0.2, 0.25) is 0 Å². The van der Waals surface area contributed by atoms with Crippen molar-refractivity contribution in [1.82, 2.24) is 0 Å². The summed E-state index contributed by atoms with van der Waals surface area (Å²) in [7, 11) is 0. The Morgan fingerprint density at radius 3 is 2.73 bits per heavy atom. The average Bonchev–Trinajstić information content (AvgIpc) is 3.15. The lowest BCUT2D eigenvalue weighted by molar-refractivity contribution is -0.147. The summed E-state index contributed by atoms with van der Waals surface area (Å²) in [6, 6.07) is 2.40. The molecule has 2 heterocycles. The highest BCUT2D eigenvalue weighted by Crippen LogP contribution is 2.36. The van der Waals surface area contributed by atoms with Crippen LogP contribution in [0.4, 0.5) is 0 Å². The van der Waals surface area contributed by atoms with E-state index < -0.39 is 12.1 Å². The third-order valence-corrected chi connectivity index (χ3v) is 4.04. The minimum atomic E-state index is -0.569. The Hall–Kier alpha value is -2.08. The number of epoxide rings is 1. The highest BCUT2D eigenvalue weighted by molar-refractivity contribution is 6.05. The van der Waals surface area contributed by atoms with E-state index in [9.17, 15) is 19.8 Å². The monoisotopic (exact) mass is 306 g/mol. The van der Waals surface area contributed by atoms with Crippen LogP contribution in [0.3, 0.4) is 0 Å². The number of benzene rings is 1. The van der Waals surface area contributed by atoms with E-state index in [-0.39, 0.29) is 47.0 Å². The van der Waals surface area contributed by atoms with Crippen LogP contribution in [0.15, 0.2) is 12.1 Å². The first-order valence-electron chi connectivity index (χ1n) is 7.39. The largest absolute Gasteiger partial charge is 0.508 e. The summed E-state index contributed by atoms with van der Waals surface area (Å²) in [6.07, 6.45) is 1.13. The van der Waals surface area contributed by atoms with Crippen LogP contribution in [0.5, 0.6) is 11.5 Å². The molecule has 1 saturated heterocycles. The lowest BCUT2D eigenvalue weighted by atomic mass is 9.95. The minimum Gasteiger partial charge on any atom is -0.508 e. The fraction of sp³-hybridized carbons (Fsp3) is 0.500. The van der Waals surface area contributed by atoms with Crippen molar-refractivity contribution in [3.63, 3.8) is 0 Å². The van der Waals surface area contributed by atoms with Crippen LogP contribution in [0.25, 0.3) is 0 Å². The molecule has 0 spiro atoms. The number of ether oxygens (including phenoxy) is 2. The number of hydrogen-bond acceptors (Lipinski definition) is 6. The van der Waals surface area contributed by atoms with Gasteiger partial charge in [0.2, 0.25) is 0 Å². The molecule has 2 N–H and O–H groups in total. The Labute approximate surface area is 127 Å². The lowest BCUT2D eigenvalue weighted by Crippen LogP contribution is -2.20. The number of carbonyl (C=O) groups is 2. The van der Waals surface area contributed by atoms with Gasteiger partial charge in [0.25, 0.3) is 0 Å². The molecule has 2 aliphatic rings. The zero-order valence-corrected chi connectivity index (χ0v) is 12.2. The van der Waals surface area contributed by atoms with E-state index in [1.165, 1.54) is 6.07 Å². The van der Waals surface area contributed by atoms with E-state index >= 15 is 0 Å². The second-order valence-electron chi connectivity index (χ2n) is 5.87. The normalized spacial score (nSPS) is 28.7. The van der Waals surface area contributed by atoms with Crippen molar-refractivity contribution in [2.45, 2.75) is 50.9 Å². The van der Waals surface area contributed by atoms with Crippen LogP contribution in [-0.4, -0.2) is 40.3 Å². The van der Waals surface area contributed by atoms with Crippen molar-refractivity contribution in [2.75, 3.05) is 0 Å². The molecule has 6 heteroatoms. The van der Waals surface area contributed by atoms with Crippen LogP contribution in [0.1, 0.15) is 42.1 Å². The predicted octanol–water partition coefficient (Wildman–Crippen LogP) is 1.71. The van der Waals surface area contributed by atoms with Gasteiger partial charge in [-0.25, -0.2) is 0 Å². The zero-order chi connectivity index (χ0) is 15.9. The number of ketones is 1. The van der Waals surface area contributed by atoms with Gasteiger partial charge in [0.1, 0.15) is 17.6 Å². The Bertz CT molecular complexity index is 623. The highest BCUT2D eigenvalue weighted by atomic mass is 16.6. The topological polar surface area (TPSA) is 96.4 Å². The number of phenolic OH excluding ortho intramolecular Hbond substituents is 2. The summed E-state index contributed by atoms with van der Waals surface area (Å²) in [5.41, 5.74) is 0.296. The average molecular weight is 306 g/mol. The van der Waals surface area contributed by atoms with Gasteiger partial charge in [0, 0.05) is 6.07 Å². The molecule has 6 nitrogen and oxygen atoms in total. The van der Waals surface area contributed by atoms with Gasteiger partial charge >= 0.3 is 5.97 Å². The zero-order valence-electron chi connectivity index (χ0n) is 12.2. The van der Waals surface area contributed by atoms with Crippen LogP contribution >= 0.6 is 0 Å². The third-order valence-electron chi connectivity index (χ3n) is 4.04. The molecule has 0 saturated carbocycles. The summed E-state index contributed by atoms with van der Waals surface area (Å²) in [5.74, 6) is -1.38. The first-order valence-corrected chi connectivity index (χ1v) is 7.39. The first kappa shape index (κ1) is 14.8. The van der Waals surface area contributed by atoms with Crippen LogP contribution in [-0.2, 0) is 20.7 Å². The van der Waals surface area contributed by atoms with Gasteiger partial charge in [-0.3, -0.25) is 9.59 Å². The van der Waals surface area contributed by atoms with E-state index in [1.807, 2.05) is 6.92 Å². The third kappa shape index (κ3) is 2.92. The maximum Gasteiger partial charge on any atom is 0.310 e. The molecule has 1 aromatic rings. The SMILES string of the molecule is C[C@H]1CCC[C@H]2O[C@H]2C(=O)c2c(O)cc(O)cc2CC(=O)O1. The fourth-order valence-corrected chi connectivity index (χ4v) is 2.92. The van der Waals surface area contributed by atoms with E-state index in [2.05, 4.69) is 0 Å². The first-order chi connectivity index (χ1) is 10.5. The van der Waals surface area contributed by atoms with Gasteiger partial charge in [-0.15, -0.1) is 0 Å². The summed E-state index contributed by atoms with van der Waals surface area (Å²) in [5, 5.41) is 19.6. The van der Waals surface area contributed by atoms with Gasteiger partial charge in [0.15, 0.2) is 5.78 Å². The van der Waals surface area contributed by atoms with E-state index in [0.717, 1.165) is 12.5 Å². The number of esters is 1. The molecule has 0 bridgehead atoms. The van der Waals surface area contributed by atoms with E-state index in [4.69, 9.17) is 9.47 Å². The molecule has 118 valence electrons. The number of fused-ring (bicyclic) bond motifs is 2. The molecule has 22 heavy (non-hydrogen) atoms. The minimum absolute atomic E-state index is 0.0375. The van der Waals surface area contributed by atoms with Gasteiger partial charge in [-0.2, -0.15) is 0 Å². The van der Waals surface area contributed by atoms with Crippen molar-refractivity contribution < 1.29 is 29.3 Å². The van der Waals surface area contributed by atoms with Crippen molar-refractivity contribution in [1.29, 1.82) is 0 Å². The lowest BCUT2D eigenvalue weighted by Gasteiger charge is -2.15. The molecule has 0 aliphatic carbocycles. The molecule has 0 amide bonds. The molecule has 0 radical (unpaired) electrons. The molecule has 0 unspecified atom stereocenters. The molecule has 1 aromatic carbocycles. The Morgan fingerprint density at radius 2 is 1.95 bits per heavy atom. The smallest absolute Gasteiger partial charge is 0.310 e. The van der Waals surface area contributed by atoms with Crippen LogP contribution in [0, 0.1) is 0 Å². The number of cyclic esters (lactones) is 1. The van der Waals surface area contributed by atoms with Gasteiger partial charge in [0.05, 0.1) is 24.2 Å². The number of aromatic hydroxyl groups is 2. The van der Waals surface area contributed by atoms with Crippen molar-refractivity contribution in [3.8, 4) is 11.5 Å². The number of Topliss-reactive ketones (excluding diaryl/α,β-unsaturated/α-hetero) is 1. The van der Waals surface area contributed by atoms with Gasteiger partial charge in [-0.05, 0) is 37.8 Å². The fourth-order valence-electron chi connectivity index (χ4n) is 2.92. The molecule has 2 aliphatic heterocycles. The number of phenols is 2. The molecular formula is C16H18O6. The summed E-state index contributed by atoms with van der Waals surface area (Å²) in [6.45, 7) is 1.82. The Morgan fingerprint density at radius 1 is 1.18 bits per heavy atom. The van der Waals surface area contributed by atoms with Crippen molar-refractivity contribution in [2.24, 2.45) is 0 Å². The molecule has 3 rings (SSSR count). The maximum absolute atomic E-state index is 12.5. The maximum atomic E-state index is 12.5. The standard InChI is InChI=1S/C16H18O6/c1-8-3-2-4-12-16(22-12)15(20)14-9(6-13(19)21-8)5-10(17)7-11(14)18/h5,7-8,12,16-18H,2-4,6H2,1H3/t8-,12+,16+/m0/s1. The summed E-state index contributed by atoms with van der Waals surface area (Å²) < 4.78 is 10.7.